The van der Waals surface area contributed by atoms with Crippen LogP contribution in [0.15, 0.2) is 24.3 Å². The van der Waals surface area contributed by atoms with E-state index in [-0.39, 0.29) is 24.5 Å². The van der Waals surface area contributed by atoms with E-state index in [4.69, 9.17) is 4.74 Å². The highest BCUT2D eigenvalue weighted by Gasteiger charge is 2.32. The molecule has 21 heavy (non-hydrogen) atoms. The molecule has 1 fully saturated rings. The Bertz CT molecular complexity index is 499. The molecule has 1 saturated heterocycles. The molecule has 1 atom stereocenters. The lowest BCUT2D eigenvalue weighted by molar-refractivity contribution is -0.148. The van der Waals surface area contributed by atoms with E-state index < -0.39 is 0 Å². The number of hydrogen-bond donors (Lipinski definition) is 1. The van der Waals surface area contributed by atoms with Crippen LogP contribution < -0.4 is 5.32 Å². The molecule has 1 N–H and O–H groups in total. The van der Waals surface area contributed by atoms with Crippen molar-refractivity contribution in [1.82, 2.24) is 4.90 Å². The van der Waals surface area contributed by atoms with Crippen molar-refractivity contribution in [1.29, 1.82) is 0 Å². The van der Waals surface area contributed by atoms with E-state index in [0.717, 1.165) is 30.6 Å². The monoisotopic (exact) mass is 290 g/mol. The molecular formula is C16H22N2O3. The molecule has 5 heteroatoms. The predicted octanol–water partition coefficient (Wildman–Crippen LogP) is 1.96. The normalized spacial score (nSPS) is 18.5. The quantitative estimate of drug-likeness (QED) is 0.842. The summed E-state index contributed by atoms with van der Waals surface area (Å²) in [5.74, 6) is -0.326. The number of carbonyl (C=O) groups is 2. The standard InChI is InChI=1S/C16H22N2O3/c1-3-21-16(20)14-5-4-10-18(14)11-15(19)17-13-8-6-12(2)7-9-13/h6-9,14H,3-5,10-11H2,1-2H3,(H,17,19). The zero-order valence-corrected chi connectivity index (χ0v) is 12.6. The molecule has 0 radical (unpaired) electrons. The summed E-state index contributed by atoms with van der Waals surface area (Å²) in [7, 11) is 0. The average molecular weight is 290 g/mol. The minimum Gasteiger partial charge on any atom is -0.465 e. The van der Waals surface area contributed by atoms with E-state index in [9.17, 15) is 9.59 Å². The van der Waals surface area contributed by atoms with Gasteiger partial charge in [0.2, 0.25) is 5.91 Å². The fraction of sp³-hybridized carbons (Fsp3) is 0.500. The van der Waals surface area contributed by atoms with Gasteiger partial charge in [0, 0.05) is 5.69 Å². The highest BCUT2D eigenvalue weighted by Crippen LogP contribution is 2.18. The maximum absolute atomic E-state index is 12.1. The summed E-state index contributed by atoms with van der Waals surface area (Å²) >= 11 is 0. The molecule has 0 aromatic heterocycles. The van der Waals surface area contributed by atoms with Crippen molar-refractivity contribution in [2.45, 2.75) is 32.7 Å². The van der Waals surface area contributed by atoms with Crippen LogP contribution in [0.4, 0.5) is 5.69 Å². The molecule has 1 aromatic carbocycles. The lowest BCUT2D eigenvalue weighted by Crippen LogP contribution is -2.41. The Kier molecular flexibility index (Phi) is 5.33. The Morgan fingerprint density at radius 3 is 2.71 bits per heavy atom. The topological polar surface area (TPSA) is 58.6 Å². The third-order valence-corrected chi connectivity index (χ3v) is 3.60. The van der Waals surface area contributed by atoms with Crippen LogP contribution in [0.5, 0.6) is 0 Å². The van der Waals surface area contributed by atoms with Gasteiger partial charge in [-0.05, 0) is 45.4 Å². The molecule has 1 unspecified atom stereocenters. The molecule has 0 aliphatic carbocycles. The van der Waals surface area contributed by atoms with Crippen LogP contribution in [0.1, 0.15) is 25.3 Å². The number of anilines is 1. The van der Waals surface area contributed by atoms with Gasteiger partial charge in [-0.15, -0.1) is 0 Å². The van der Waals surface area contributed by atoms with Crippen molar-refractivity contribution in [2.75, 3.05) is 25.0 Å². The number of amides is 1. The van der Waals surface area contributed by atoms with Crippen molar-refractivity contribution >= 4 is 17.6 Å². The first-order valence-electron chi connectivity index (χ1n) is 7.37. The molecule has 2 rings (SSSR count). The van der Waals surface area contributed by atoms with Gasteiger partial charge in [-0.3, -0.25) is 14.5 Å². The van der Waals surface area contributed by atoms with Crippen LogP contribution in [0.3, 0.4) is 0 Å². The Balaban J connectivity index is 1.89. The van der Waals surface area contributed by atoms with Crippen molar-refractivity contribution < 1.29 is 14.3 Å². The molecule has 1 aliphatic heterocycles. The van der Waals surface area contributed by atoms with Gasteiger partial charge in [0.25, 0.3) is 0 Å². The van der Waals surface area contributed by atoms with Crippen LogP contribution in [-0.4, -0.2) is 42.5 Å². The van der Waals surface area contributed by atoms with Crippen LogP contribution >= 0.6 is 0 Å². The van der Waals surface area contributed by atoms with Gasteiger partial charge in [-0.1, -0.05) is 17.7 Å². The number of carbonyl (C=O) groups excluding carboxylic acids is 2. The van der Waals surface area contributed by atoms with Crippen molar-refractivity contribution in [3.8, 4) is 0 Å². The van der Waals surface area contributed by atoms with Gasteiger partial charge in [0.15, 0.2) is 0 Å². The first-order chi connectivity index (χ1) is 10.1. The second kappa shape index (κ2) is 7.22. The van der Waals surface area contributed by atoms with Crippen LogP contribution in [0.2, 0.25) is 0 Å². The van der Waals surface area contributed by atoms with Crippen LogP contribution in [-0.2, 0) is 14.3 Å². The minimum absolute atomic E-state index is 0.102. The van der Waals surface area contributed by atoms with E-state index in [1.54, 1.807) is 6.92 Å². The molecule has 0 bridgehead atoms. The molecule has 0 saturated carbocycles. The Morgan fingerprint density at radius 1 is 1.33 bits per heavy atom. The lowest BCUT2D eigenvalue weighted by atomic mass is 10.2. The maximum Gasteiger partial charge on any atom is 0.323 e. The van der Waals surface area contributed by atoms with E-state index in [1.165, 1.54) is 0 Å². The lowest BCUT2D eigenvalue weighted by Gasteiger charge is -2.22. The van der Waals surface area contributed by atoms with Gasteiger partial charge < -0.3 is 10.1 Å². The summed E-state index contributed by atoms with van der Waals surface area (Å²) in [6.45, 7) is 5.14. The largest absolute Gasteiger partial charge is 0.465 e. The van der Waals surface area contributed by atoms with Gasteiger partial charge in [0.1, 0.15) is 6.04 Å². The number of nitrogens with zero attached hydrogens (tertiary/aromatic N) is 1. The fourth-order valence-electron chi connectivity index (χ4n) is 2.54. The number of aryl methyl sites for hydroxylation is 1. The highest BCUT2D eigenvalue weighted by molar-refractivity contribution is 5.92. The smallest absolute Gasteiger partial charge is 0.323 e. The number of nitrogens with one attached hydrogen (secondary N) is 1. The molecule has 1 aliphatic rings. The van der Waals surface area contributed by atoms with E-state index >= 15 is 0 Å². The number of ether oxygens (including phenoxy) is 1. The summed E-state index contributed by atoms with van der Waals surface area (Å²) < 4.78 is 5.06. The second-order valence-electron chi connectivity index (χ2n) is 5.29. The summed E-state index contributed by atoms with van der Waals surface area (Å²) in [5.41, 5.74) is 1.92. The third-order valence-electron chi connectivity index (χ3n) is 3.60. The molecule has 0 spiro atoms. The SMILES string of the molecule is CCOC(=O)C1CCCN1CC(=O)Nc1ccc(C)cc1. The van der Waals surface area contributed by atoms with E-state index in [0.29, 0.717) is 6.61 Å². The Hall–Kier alpha value is -1.88. The maximum atomic E-state index is 12.1. The zero-order chi connectivity index (χ0) is 15.2. The zero-order valence-electron chi connectivity index (χ0n) is 12.6. The molecule has 5 nitrogen and oxygen atoms in total. The Labute approximate surface area is 125 Å². The molecular weight excluding hydrogens is 268 g/mol. The third kappa shape index (κ3) is 4.29. The first-order valence-corrected chi connectivity index (χ1v) is 7.37. The van der Waals surface area contributed by atoms with Gasteiger partial charge in [0.05, 0.1) is 13.2 Å². The molecule has 1 heterocycles. The van der Waals surface area contributed by atoms with Crippen LogP contribution in [0, 0.1) is 6.92 Å². The molecule has 1 amide bonds. The number of esters is 1. The van der Waals surface area contributed by atoms with Crippen LogP contribution in [0.25, 0.3) is 0 Å². The number of hydrogen-bond acceptors (Lipinski definition) is 4. The van der Waals surface area contributed by atoms with Gasteiger partial charge in [-0.2, -0.15) is 0 Å². The van der Waals surface area contributed by atoms with Gasteiger partial charge in [-0.25, -0.2) is 0 Å². The Morgan fingerprint density at radius 2 is 2.05 bits per heavy atom. The number of rotatable bonds is 5. The summed E-state index contributed by atoms with van der Waals surface area (Å²) in [6.07, 6.45) is 1.68. The van der Waals surface area contributed by atoms with Crippen molar-refractivity contribution in [2.24, 2.45) is 0 Å². The summed E-state index contributed by atoms with van der Waals surface area (Å²) in [5, 5.41) is 2.85. The molecule has 114 valence electrons. The summed E-state index contributed by atoms with van der Waals surface area (Å²) in [4.78, 5) is 25.8. The minimum atomic E-state index is -0.284. The summed E-state index contributed by atoms with van der Waals surface area (Å²) in [6, 6.07) is 7.37. The van der Waals surface area contributed by atoms with Crippen molar-refractivity contribution in [3.63, 3.8) is 0 Å². The highest BCUT2D eigenvalue weighted by atomic mass is 16.5. The average Bonchev–Trinajstić information content (AvgIpc) is 2.90. The first kappa shape index (κ1) is 15.5. The fourth-order valence-corrected chi connectivity index (χ4v) is 2.54. The van der Waals surface area contributed by atoms with Crippen molar-refractivity contribution in [3.05, 3.63) is 29.8 Å². The van der Waals surface area contributed by atoms with Gasteiger partial charge >= 0.3 is 5.97 Å². The molecule has 1 aromatic rings. The van der Waals surface area contributed by atoms with E-state index in [1.807, 2.05) is 36.1 Å². The second-order valence-corrected chi connectivity index (χ2v) is 5.29. The number of benzene rings is 1. The van der Waals surface area contributed by atoms with E-state index in [2.05, 4.69) is 5.32 Å². The predicted molar refractivity (Wildman–Crippen MR) is 81.0 cm³/mol. The number of likely N-dealkylation sites (tertiary alicyclic amines) is 1.